The van der Waals surface area contributed by atoms with Crippen LogP contribution in [0.5, 0.6) is 0 Å². The minimum atomic E-state index is -4.72. The summed E-state index contributed by atoms with van der Waals surface area (Å²) in [5.41, 5.74) is 12.7. The molecule has 2 unspecified atom stereocenters. The van der Waals surface area contributed by atoms with Crippen molar-refractivity contribution >= 4 is 49.5 Å². The van der Waals surface area contributed by atoms with Crippen LogP contribution in [0.15, 0.2) is 25.3 Å². The molecule has 0 radical (unpaired) electrons. The van der Waals surface area contributed by atoms with Crippen molar-refractivity contribution in [2.75, 3.05) is 24.7 Å². The molecule has 4 aromatic rings. The molecule has 7 rings (SSSR count). The van der Waals surface area contributed by atoms with Crippen molar-refractivity contribution in [2.24, 2.45) is 5.92 Å². The summed E-state index contributed by atoms with van der Waals surface area (Å²) in [5, 5.41) is 4.85. The number of alkyl halides is 1. The lowest BCUT2D eigenvalue weighted by Crippen LogP contribution is -2.46. The number of nitrogens with two attached hydrogens (primary N) is 2. The fraction of sp³-hybridized carbons (Fsp3) is 0.524. The second-order valence-electron chi connectivity index (χ2n) is 10.5. The van der Waals surface area contributed by atoms with Crippen LogP contribution in [0.4, 0.5) is 16.0 Å². The topological polar surface area (TPSA) is 275 Å². The largest absolute Gasteiger partial charge is 0.403 e. The van der Waals surface area contributed by atoms with E-state index in [-0.39, 0.29) is 22.8 Å². The number of halogens is 1. The van der Waals surface area contributed by atoms with E-state index in [0.717, 1.165) is 6.33 Å². The average molecular weight is 656 g/mol. The first-order valence-corrected chi connectivity index (χ1v) is 16.4. The van der Waals surface area contributed by atoms with Crippen molar-refractivity contribution in [1.82, 2.24) is 49.2 Å². The molecular weight excluding hydrogens is 629 g/mol. The highest BCUT2D eigenvalue weighted by molar-refractivity contribution is 7.50. The van der Waals surface area contributed by atoms with Crippen LogP contribution in [0.3, 0.4) is 0 Å². The van der Waals surface area contributed by atoms with Crippen molar-refractivity contribution in [3.63, 3.8) is 0 Å². The lowest BCUT2D eigenvalue weighted by Gasteiger charge is -2.29. The summed E-state index contributed by atoms with van der Waals surface area (Å²) < 4.78 is 67.9. The molecule has 3 aliphatic rings. The molecule has 4 aromatic heterocycles. The molecule has 44 heavy (non-hydrogen) atoms. The third kappa shape index (κ3) is 5.04. The number of hydrogen-bond acceptors (Lipinski definition) is 14. The first-order chi connectivity index (χ1) is 20.9. The molecule has 0 bridgehead atoms. The average Bonchev–Trinajstić information content (AvgIpc) is 3.73. The van der Waals surface area contributed by atoms with Crippen LogP contribution in [0.2, 0.25) is 0 Å². The monoisotopic (exact) mass is 656 g/mol. The summed E-state index contributed by atoms with van der Waals surface area (Å²) in [5.74, 6) is -0.361. The number of nitrogen functional groups attached to an aromatic ring is 2. The Morgan fingerprint density at radius 2 is 1.30 bits per heavy atom. The van der Waals surface area contributed by atoms with Gasteiger partial charge in [0.15, 0.2) is 35.3 Å². The van der Waals surface area contributed by atoms with Gasteiger partial charge in [0, 0.05) is 5.92 Å². The molecule has 3 saturated heterocycles. The van der Waals surface area contributed by atoms with Gasteiger partial charge in [-0.1, -0.05) is 6.92 Å². The van der Waals surface area contributed by atoms with Gasteiger partial charge < -0.3 is 30.7 Å². The number of nitrogens with zero attached hydrogens (tertiary/aromatic N) is 8. The van der Waals surface area contributed by atoms with Crippen molar-refractivity contribution in [3.05, 3.63) is 25.3 Å². The van der Waals surface area contributed by atoms with E-state index < -0.39 is 77.5 Å². The summed E-state index contributed by atoms with van der Waals surface area (Å²) in [6, 6.07) is -2.46. The van der Waals surface area contributed by atoms with Crippen LogP contribution in [0.1, 0.15) is 19.4 Å². The predicted molar refractivity (Wildman–Crippen MR) is 147 cm³/mol. The molecule has 3 fully saturated rings. The standard InChI is InChI=1S/C21H27FN12O8P2/c1-8-12-9(41-20(8)33-6-29-14-16(23)25-4-27-18(14)33)2-39-44(37,38)32-13-10(3-40-43(35,36)31-12)42-21(11(13)22)34-7-30-15-17(24)26-5-28-19(15)34/h4-13,20-21H,2-3H2,1H3,(H2,23,25,27)(H2,24,26,28)(H2,31,35,36)(H2,32,37,38)/t8-,9-,10-,11-,12+,13-,20-,21-/m1/s1. The van der Waals surface area contributed by atoms with Crippen LogP contribution >= 0.6 is 15.5 Å². The van der Waals surface area contributed by atoms with Crippen molar-refractivity contribution in [3.8, 4) is 0 Å². The van der Waals surface area contributed by atoms with Gasteiger partial charge >= 0.3 is 15.5 Å². The predicted octanol–water partition coefficient (Wildman–Crippen LogP) is -0.236. The highest BCUT2D eigenvalue weighted by Crippen LogP contribution is 2.49. The molecule has 23 heteroatoms. The Bertz CT molecular complexity index is 1700. The van der Waals surface area contributed by atoms with Gasteiger partial charge in [-0.15, -0.1) is 0 Å². The molecule has 8 N–H and O–H groups in total. The van der Waals surface area contributed by atoms with Crippen molar-refractivity contribution < 1.29 is 41.8 Å². The number of imidazole rings is 2. The molecule has 3 aliphatic heterocycles. The summed E-state index contributed by atoms with van der Waals surface area (Å²) >= 11 is 0. The molecule has 236 valence electrons. The zero-order chi connectivity index (χ0) is 31.0. The molecular formula is C21H27FN12O8P2. The minimum absolute atomic E-state index is 0.0542. The maximum Gasteiger partial charge on any atom is 0.403 e. The van der Waals surface area contributed by atoms with Gasteiger partial charge in [-0.3, -0.25) is 18.2 Å². The van der Waals surface area contributed by atoms with Gasteiger partial charge in [0.05, 0.1) is 38.0 Å². The number of hydrogen-bond donors (Lipinski definition) is 6. The van der Waals surface area contributed by atoms with E-state index in [2.05, 4.69) is 40.1 Å². The van der Waals surface area contributed by atoms with E-state index >= 15 is 4.39 Å². The molecule has 0 aromatic carbocycles. The Labute approximate surface area is 246 Å². The van der Waals surface area contributed by atoms with E-state index in [9.17, 15) is 18.9 Å². The molecule has 10 atom stereocenters. The highest BCUT2D eigenvalue weighted by atomic mass is 31.2. The summed E-state index contributed by atoms with van der Waals surface area (Å²) in [4.78, 5) is 45.9. The summed E-state index contributed by atoms with van der Waals surface area (Å²) in [6.07, 6.45) is -1.56. The van der Waals surface area contributed by atoms with Crippen LogP contribution in [0.25, 0.3) is 22.3 Å². The van der Waals surface area contributed by atoms with E-state index in [0.29, 0.717) is 11.2 Å². The Kier molecular flexibility index (Phi) is 7.16. The number of anilines is 2. The summed E-state index contributed by atoms with van der Waals surface area (Å²) in [6.45, 7) is 0.531. The Morgan fingerprint density at radius 3 is 1.86 bits per heavy atom. The second kappa shape index (κ2) is 10.7. The number of rotatable bonds is 2. The fourth-order valence-electron chi connectivity index (χ4n) is 5.72. The third-order valence-corrected chi connectivity index (χ3v) is 10.1. The quantitative estimate of drug-likeness (QED) is 0.152. The number of ether oxygens (including phenoxy) is 2. The van der Waals surface area contributed by atoms with Gasteiger partial charge in [0.25, 0.3) is 0 Å². The van der Waals surface area contributed by atoms with Gasteiger partial charge in [-0.25, -0.2) is 53.6 Å². The lowest BCUT2D eigenvalue weighted by molar-refractivity contribution is -0.0364. The minimum Gasteiger partial charge on any atom is -0.382 e. The van der Waals surface area contributed by atoms with Crippen molar-refractivity contribution in [1.29, 1.82) is 0 Å². The van der Waals surface area contributed by atoms with Crippen LogP contribution < -0.4 is 21.6 Å². The van der Waals surface area contributed by atoms with E-state index in [4.69, 9.17) is 30.0 Å². The van der Waals surface area contributed by atoms with Gasteiger partial charge in [-0.05, 0) is 0 Å². The SMILES string of the molecule is C[C@@H]1[C@@H]2NP(=O)(O)OC[C@H]3O[C@@H](n4cnc5c(N)ncnc54)[C@H](F)[C@@H]3NP(=O)(O)OC[C@H]2O[C@H]1n1cnc2c(N)ncnc21. The highest BCUT2D eigenvalue weighted by Gasteiger charge is 2.52. The van der Waals surface area contributed by atoms with E-state index in [1.807, 2.05) is 0 Å². The molecule has 0 spiro atoms. The van der Waals surface area contributed by atoms with Gasteiger partial charge in [-0.2, -0.15) is 0 Å². The number of nitrogens with one attached hydrogen (secondary N) is 2. The zero-order valence-electron chi connectivity index (χ0n) is 22.7. The smallest absolute Gasteiger partial charge is 0.382 e. The maximum atomic E-state index is 16.0. The maximum absolute atomic E-state index is 16.0. The zero-order valence-corrected chi connectivity index (χ0v) is 24.5. The molecule has 20 nitrogen and oxygen atoms in total. The van der Waals surface area contributed by atoms with E-state index in [1.165, 1.54) is 23.5 Å². The van der Waals surface area contributed by atoms with Crippen LogP contribution in [0, 0.1) is 5.92 Å². The van der Waals surface area contributed by atoms with Gasteiger partial charge in [0.2, 0.25) is 0 Å². The van der Waals surface area contributed by atoms with Gasteiger partial charge in [0.1, 0.15) is 42.1 Å². The Hall–Kier alpha value is -3.23. The molecule has 0 amide bonds. The third-order valence-electron chi connectivity index (χ3n) is 7.84. The Morgan fingerprint density at radius 1 is 0.818 bits per heavy atom. The second-order valence-corrected chi connectivity index (χ2v) is 13.7. The molecule has 7 heterocycles. The first kappa shape index (κ1) is 29.5. The fourth-order valence-corrected chi connectivity index (χ4v) is 8.03. The number of aromatic nitrogens is 8. The van der Waals surface area contributed by atoms with Crippen LogP contribution in [-0.4, -0.2) is 92.5 Å². The van der Waals surface area contributed by atoms with Crippen LogP contribution in [-0.2, 0) is 27.7 Å². The normalized spacial score (nSPS) is 38.3. The lowest BCUT2D eigenvalue weighted by atomic mass is 10.00. The number of fused-ring (bicyclic) bond motifs is 4. The Balaban J connectivity index is 1.17. The molecule has 0 aliphatic carbocycles. The first-order valence-electron chi connectivity index (χ1n) is 13.2. The van der Waals surface area contributed by atoms with Crippen molar-refractivity contribution in [2.45, 2.75) is 49.8 Å². The van der Waals surface area contributed by atoms with E-state index in [1.54, 1.807) is 11.5 Å². The molecule has 0 saturated carbocycles. The summed E-state index contributed by atoms with van der Waals surface area (Å²) in [7, 11) is -9.33.